The lowest BCUT2D eigenvalue weighted by atomic mass is 9.56. The van der Waals surface area contributed by atoms with Crippen molar-refractivity contribution in [1.82, 2.24) is 0 Å². The fraction of sp³-hybridized carbons (Fsp3) is 0.379. The number of hydrogen-bond acceptors (Lipinski definition) is 0. The van der Waals surface area contributed by atoms with Crippen LogP contribution in [0, 0.1) is 77.4 Å². The highest BCUT2D eigenvalue weighted by atomic mass is 14.6. The standard InChI is InChI=1S/C29H34/c1-27(2,3)22-17-11-15-20-21-16-12-18-23(28(4,5)6)25(21)26(24(20)22)29(7,8)19-13-9-10-14-19/h9-18H,1-8H3. The molecule has 0 amide bonds. The van der Waals surface area contributed by atoms with E-state index in [9.17, 15) is 0 Å². The Bertz CT molecular complexity index is 697. The summed E-state index contributed by atoms with van der Waals surface area (Å²) >= 11 is 0. The van der Waals surface area contributed by atoms with Crippen LogP contribution in [-0.2, 0) is 0 Å². The second-order valence-electron chi connectivity index (χ2n) is 11.1. The molecule has 0 heterocycles. The molecule has 4 aliphatic carbocycles. The lowest BCUT2D eigenvalue weighted by Crippen LogP contribution is -2.38. The van der Waals surface area contributed by atoms with Crippen molar-refractivity contribution >= 4 is 0 Å². The molecule has 0 unspecified atom stereocenters. The second-order valence-corrected chi connectivity index (χ2v) is 11.1. The minimum absolute atomic E-state index is 0.0772. The van der Waals surface area contributed by atoms with Crippen LogP contribution >= 0.6 is 0 Å². The third-order valence-electron chi connectivity index (χ3n) is 6.54. The van der Waals surface area contributed by atoms with Crippen molar-refractivity contribution in [3.8, 4) is 0 Å². The maximum Gasteiger partial charge on any atom is 0.0215 e. The van der Waals surface area contributed by atoms with E-state index in [1.165, 1.54) is 46.7 Å². The highest BCUT2D eigenvalue weighted by Crippen LogP contribution is 2.70. The van der Waals surface area contributed by atoms with Crippen molar-refractivity contribution in [3.63, 3.8) is 0 Å². The molecular weight excluding hydrogens is 348 g/mol. The summed E-state index contributed by atoms with van der Waals surface area (Å²) < 4.78 is 0. The molecule has 29 heavy (non-hydrogen) atoms. The summed E-state index contributed by atoms with van der Waals surface area (Å²) in [4.78, 5) is 0. The summed E-state index contributed by atoms with van der Waals surface area (Å²) in [6, 6.07) is 0. The average molecular weight is 383 g/mol. The SMILES string of the molecule is CC(C)([C]1[CH][CH][CH][CH]1)[C]1[C]2[C](C=CC=C2C(C)(C)C)[C]2C=CC=C(C(C)(C)C)[C]21. The highest BCUT2D eigenvalue weighted by molar-refractivity contribution is 5.83. The van der Waals surface area contributed by atoms with Gasteiger partial charge in [0.1, 0.15) is 0 Å². The van der Waals surface area contributed by atoms with Crippen LogP contribution in [0.4, 0.5) is 0 Å². The van der Waals surface area contributed by atoms with Gasteiger partial charge in [0.25, 0.3) is 0 Å². The van der Waals surface area contributed by atoms with Gasteiger partial charge < -0.3 is 0 Å². The quantitative estimate of drug-likeness (QED) is 0.467. The van der Waals surface area contributed by atoms with E-state index >= 15 is 0 Å². The van der Waals surface area contributed by atoms with E-state index in [0.29, 0.717) is 0 Å². The molecule has 0 N–H and O–H groups in total. The maximum absolute atomic E-state index is 2.40. The molecule has 0 aromatic carbocycles. The van der Waals surface area contributed by atoms with E-state index < -0.39 is 0 Å². The van der Waals surface area contributed by atoms with E-state index in [1.807, 2.05) is 0 Å². The van der Waals surface area contributed by atoms with Gasteiger partial charge in [-0.05, 0) is 47.8 Å². The van der Waals surface area contributed by atoms with Crippen LogP contribution in [0.5, 0.6) is 0 Å². The Labute approximate surface area is 180 Å². The van der Waals surface area contributed by atoms with Crippen LogP contribution in [0.1, 0.15) is 55.4 Å². The zero-order valence-corrected chi connectivity index (χ0v) is 19.3. The Balaban J connectivity index is 1.87. The van der Waals surface area contributed by atoms with Crippen LogP contribution in [0.25, 0.3) is 0 Å². The van der Waals surface area contributed by atoms with E-state index in [4.69, 9.17) is 0 Å². The van der Waals surface area contributed by atoms with Gasteiger partial charge in [-0.1, -0.05) is 103 Å². The van der Waals surface area contributed by atoms with Gasteiger partial charge in [0, 0.05) is 29.6 Å². The first-order chi connectivity index (χ1) is 13.4. The zero-order chi connectivity index (χ0) is 21.2. The molecule has 2 saturated carbocycles. The summed E-state index contributed by atoms with van der Waals surface area (Å²) in [6.07, 6.45) is 22.7. The first-order valence-corrected chi connectivity index (χ1v) is 10.8. The fourth-order valence-electron chi connectivity index (χ4n) is 5.03. The molecule has 0 saturated heterocycles. The van der Waals surface area contributed by atoms with E-state index in [1.54, 1.807) is 0 Å². The molecule has 150 valence electrons. The van der Waals surface area contributed by atoms with Crippen LogP contribution < -0.4 is 0 Å². The van der Waals surface area contributed by atoms with Gasteiger partial charge in [-0.3, -0.25) is 0 Å². The van der Waals surface area contributed by atoms with Crippen LogP contribution in [0.2, 0.25) is 0 Å². The molecule has 0 aromatic heterocycles. The summed E-state index contributed by atoms with van der Waals surface area (Å²) in [5.41, 5.74) is 2.98. The Hall–Kier alpha value is -1.04. The van der Waals surface area contributed by atoms with E-state index in [0.717, 1.165) is 0 Å². The number of fused-ring (bicyclic) bond motifs is 3. The smallest absolute Gasteiger partial charge is 0.0215 e. The molecule has 0 spiro atoms. The predicted molar refractivity (Wildman–Crippen MR) is 124 cm³/mol. The molecule has 0 aromatic rings. The molecule has 0 bridgehead atoms. The molecular formula is C29H34. The topological polar surface area (TPSA) is 0 Å². The van der Waals surface area contributed by atoms with Crippen molar-refractivity contribution in [2.24, 2.45) is 16.2 Å². The molecule has 0 heteroatoms. The van der Waals surface area contributed by atoms with Gasteiger partial charge in [0.2, 0.25) is 0 Å². The normalized spacial score (nSPS) is 26.1. The highest BCUT2D eigenvalue weighted by Gasteiger charge is 2.61. The lowest BCUT2D eigenvalue weighted by molar-refractivity contribution is 0.406. The lowest BCUT2D eigenvalue weighted by Gasteiger charge is -2.47. The number of allylic oxidation sites excluding steroid dienone is 8. The Morgan fingerprint density at radius 1 is 0.586 bits per heavy atom. The molecule has 0 aliphatic heterocycles. The molecule has 2 fully saturated rings. The summed E-state index contributed by atoms with van der Waals surface area (Å²) in [6.45, 7) is 18.8. The van der Waals surface area contributed by atoms with Crippen LogP contribution in [0.15, 0.2) is 47.6 Å². The van der Waals surface area contributed by atoms with Gasteiger partial charge in [0.15, 0.2) is 0 Å². The van der Waals surface area contributed by atoms with Gasteiger partial charge in [-0.15, -0.1) is 0 Å². The Morgan fingerprint density at radius 3 is 1.38 bits per heavy atom. The third-order valence-corrected chi connectivity index (χ3v) is 6.54. The van der Waals surface area contributed by atoms with Gasteiger partial charge in [0.05, 0.1) is 0 Å². The fourth-order valence-corrected chi connectivity index (χ4v) is 5.03. The van der Waals surface area contributed by atoms with Crippen molar-refractivity contribution in [3.05, 3.63) is 109 Å². The van der Waals surface area contributed by atoms with Crippen LogP contribution in [0.3, 0.4) is 0 Å². The van der Waals surface area contributed by atoms with Gasteiger partial charge in [-0.25, -0.2) is 0 Å². The first-order valence-electron chi connectivity index (χ1n) is 10.8. The van der Waals surface area contributed by atoms with Gasteiger partial charge >= 0.3 is 0 Å². The number of rotatable bonds is 2. The van der Waals surface area contributed by atoms with Crippen molar-refractivity contribution in [2.75, 3.05) is 0 Å². The van der Waals surface area contributed by atoms with Crippen molar-refractivity contribution < 1.29 is 0 Å². The van der Waals surface area contributed by atoms with Crippen LogP contribution in [-0.4, -0.2) is 0 Å². The Kier molecular flexibility index (Phi) is 5.12. The molecule has 4 aliphatic rings. The zero-order valence-electron chi connectivity index (χ0n) is 19.3. The summed E-state index contributed by atoms with van der Waals surface area (Å²) in [5.74, 6) is 8.58. The summed E-state index contributed by atoms with van der Waals surface area (Å²) in [7, 11) is 0. The largest absolute Gasteiger partial charge is 0.0755 e. The number of hydrogen-bond donors (Lipinski definition) is 0. The molecule has 0 nitrogen and oxygen atoms in total. The maximum atomic E-state index is 2.40. The minimum atomic E-state index is -0.0772. The van der Waals surface area contributed by atoms with Crippen molar-refractivity contribution in [1.29, 1.82) is 0 Å². The molecule has 4 rings (SSSR count). The van der Waals surface area contributed by atoms with Gasteiger partial charge in [-0.2, -0.15) is 0 Å². The molecule has 10 radical (unpaired) electrons. The molecule has 0 atom stereocenters. The second kappa shape index (κ2) is 7.00. The van der Waals surface area contributed by atoms with E-state index in [-0.39, 0.29) is 16.2 Å². The predicted octanol–water partition coefficient (Wildman–Crippen LogP) is 7.39. The first kappa shape index (κ1) is 21.2. The minimum Gasteiger partial charge on any atom is -0.0755 e. The van der Waals surface area contributed by atoms with E-state index in [2.05, 4.69) is 118 Å². The van der Waals surface area contributed by atoms with Crippen molar-refractivity contribution in [2.45, 2.75) is 55.4 Å². The summed E-state index contributed by atoms with van der Waals surface area (Å²) in [5, 5.41) is 0. The Morgan fingerprint density at radius 2 is 1.00 bits per heavy atom. The third kappa shape index (κ3) is 3.43. The monoisotopic (exact) mass is 382 g/mol. The average Bonchev–Trinajstić information content (AvgIpc) is 3.26.